The number of hydrogen-bond donors (Lipinski definition) is 3. The van der Waals surface area contributed by atoms with Crippen LogP contribution < -0.4 is 11.0 Å². The summed E-state index contributed by atoms with van der Waals surface area (Å²) >= 11 is 0. The standard InChI is InChI=1S/C22H21F3N5O/c1-3-21(2,15-7-5-8-16(12-15)22(23,24)25)29-20-27-17-9-4-6-14(18(17)28-20)13-30-10-11-31-19(30)26/h4-12,26H,1,3,13H2,2H3,(H2,27,28,29). The van der Waals surface area contributed by atoms with E-state index in [2.05, 4.69) is 22.2 Å². The number of aromatic amines is 1. The van der Waals surface area contributed by atoms with Gasteiger partial charge in [-0.1, -0.05) is 31.2 Å². The zero-order valence-corrected chi connectivity index (χ0v) is 16.8. The highest BCUT2D eigenvalue weighted by Crippen LogP contribution is 2.35. The first-order valence-corrected chi connectivity index (χ1v) is 9.61. The van der Waals surface area contributed by atoms with Crippen LogP contribution >= 0.6 is 0 Å². The Morgan fingerprint density at radius 2 is 1.94 bits per heavy atom. The number of alkyl halides is 3. The predicted octanol–water partition coefficient (Wildman–Crippen LogP) is 5.06. The molecule has 0 saturated heterocycles. The average Bonchev–Trinajstić information content (AvgIpc) is 3.33. The minimum atomic E-state index is -4.42. The monoisotopic (exact) mass is 428 g/mol. The minimum absolute atomic E-state index is 0.0278. The van der Waals surface area contributed by atoms with Gasteiger partial charge in [0.15, 0.2) is 0 Å². The molecule has 9 heteroatoms. The van der Waals surface area contributed by atoms with Crippen molar-refractivity contribution in [2.45, 2.75) is 31.6 Å². The van der Waals surface area contributed by atoms with E-state index < -0.39 is 17.3 Å². The summed E-state index contributed by atoms with van der Waals surface area (Å²) in [5.74, 6) is 0.425. The Bertz CT molecular complexity index is 1270. The molecule has 0 aliphatic heterocycles. The lowest BCUT2D eigenvalue weighted by molar-refractivity contribution is -0.137. The number of rotatable bonds is 6. The van der Waals surface area contributed by atoms with E-state index in [4.69, 9.17) is 9.83 Å². The number of fused-ring (bicyclic) bond motifs is 1. The van der Waals surface area contributed by atoms with Gasteiger partial charge in [-0.2, -0.15) is 13.2 Å². The van der Waals surface area contributed by atoms with Crippen LogP contribution in [0.25, 0.3) is 11.0 Å². The molecular weight excluding hydrogens is 407 g/mol. The molecule has 0 saturated carbocycles. The molecule has 161 valence electrons. The van der Waals surface area contributed by atoms with Crippen molar-refractivity contribution in [3.05, 3.63) is 84.2 Å². The Balaban J connectivity index is 1.68. The number of para-hydroxylation sites is 1. The van der Waals surface area contributed by atoms with Gasteiger partial charge in [-0.05, 0) is 42.7 Å². The number of halogens is 3. The Kier molecular flexibility index (Phi) is 5.12. The summed E-state index contributed by atoms with van der Waals surface area (Å²) in [6.07, 6.45) is -1.02. The average molecular weight is 428 g/mol. The molecular formula is C22H21F3N5O. The fraction of sp³-hybridized carbons (Fsp3) is 0.227. The Morgan fingerprint density at radius 3 is 2.61 bits per heavy atom. The van der Waals surface area contributed by atoms with Gasteiger partial charge < -0.3 is 14.7 Å². The van der Waals surface area contributed by atoms with Gasteiger partial charge in [0.1, 0.15) is 6.26 Å². The molecule has 4 rings (SSSR count). The smallest absolute Gasteiger partial charge is 0.416 e. The number of aromatic nitrogens is 3. The van der Waals surface area contributed by atoms with Gasteiger partial charge in [0.2, 0.25) is 5.95 Å². The molecule has 0 aliphatic carbocycles. The largest absolute Gasteiger partial charge is 0.432 e. The van der Waals surface area contributed by atoms with E-state index in [0.717, 1.165) is 23.2 Å². The van der Waals surface area contributed by atoms with Crippen molar-refractivity contribution in [3.8, 4) is 0 Å². The predicted molar refractivity (Wildman–Crippen MR) is 110 cm³/mol. The molecule has 1 atom stereocenters. The van der Waals surface area contributed by atoms with Gasteiger partial charge in [0.25, 0.3) is 5.68 Å². The topological polar surface area (TPSA) is 82.6 Å². The Labute approximate surface area is 176 Å². The number of benzene rings is 2. The lowest BCUT2D eigenvalue weighted by atomic mass is 9.88. The van der Waals surface area contributed by atoms with Crippen LogP contribution in [0.1, 0.15) is 30.0 Å². The van der Waals surface area contributed by atoms with E-state index in [1.54, 1.807) is 23.8 Å². The van der Waals surface area contributed by atoms with Crippen LogP contribution in [0.3, 0.4) is 0 Å². The van der Waals surface area contributed by atoms with Crippen molar-refractivity contribution < 1.29 is 17.6 Å². The maximum Gasteiger partial charge on any atom is 0.416 e. The molecule has 0 fully saturated rings. The van der Waals surface area contributed by atoms with Crippen LogP contribution in [0.2, 0.25) is 0 Å². The van der Waals surface area contributed by atoms with Crippen LogP contribution in [-0.2, 0) is 18.3 Å². The van der Waals surface area contributed by atoms with Crippen LogP contribution in [-0.4, -0.2) is 14.5 Å². The third-order valence-corrected chi connectivity index (χ3v) is 5.34. The molecule has 3 N–H and O–H groups in total. The minimum Gasteiger partial charge on any atom is -0.432 e. The lowest BCUT2D eigenvalue weighted by Crippen LogP contribution is -2.32. The number of H-pyrrole nitrogens is 1. The number of oxazole rings is 1. The van der Waals surface area contributed by atoms with E-state index in [0.29, 0.717) is 30.0 Å². The molecule has 2 aromatic carbocycles. The van der Waals surface area contributed by atoms with Crippen LogP contribution in [0.5, 0.6) is 0 Å². The Hall–Kier alpha value is -3.49. The fourth-order valence-corrected chi connectivity index (χ4v) is 3.47. The summed E-state index contributed by atoms with van der Waals surface area (Å²) in [6, 6.07) is 10.9. The number of nitrogens with zero attached hydrogens (tertiary/aromatic N) is 2. The third-order valence-electron chi connectivity index (χ3n) is 5.34. The van der Waals surface area contributed by atoms with E-state index in [9.17, 15) is 13.2 Å². The quantitative estimate of drug-likeness (QED) is 0.402. The second kappa shape index (κ2) is 7.64. The second-order valence-corrected chi connectivity index (χ2v) is 7.52. The van der Waals surface area contributed by atoms with E-state index in [1.165, 1.54) is 12.3 Å². The highest BCUT2D eigenvalue weighted by Gasteiger charge is 2.33. The summed E-state index contributed by atoms with van der Waals surface area (Å²) < 4.78 is 46.2. The second-order valence-electron chi connectivity index (χ2n) is 7.52. The van der Waals surface area contributed by atoms with Crippen LogP contribution in [0.4, 0.5) is 19.1 Å². The summed E-state index contributed by atoms with van der Waals surface area (Å²) in [5, 5.41) is 11.0. The highest BCUT2D eigenvalue weighted by atomic mass is 19.4. The van der Waals surface area contributed by atoms with Crippen molar-refractivity contribution in [2.75, 3.05) is 5.32 Å². The van der Waals surface area contributed by atoms with Gasteiger partial charge in [-0.3, -0.25) is 9.98 Å². The number of hydrogen-bond acceptors (Lipinski definition) is 4. The van der Waals surface area contributed by atoms with Crippen molar-refractivity contribution in [1.29, 1.82) is 5.41 Å². The summed E-state index contributed by atoms with van der Waals surface area (Å²) in [6.45, 7) is 6.12. The fourth-order valence-electron chi connectivity index (χ4n) is 3.47. The van der Waals surface area contributed by atoms with Gasteiger partial charge in [0, 0.05) is 6.20 Å². The van der Waals surface area contributed by atoms with Gasteiger partial charge in [-0.15, -0.1) is 0 Å². The zero-order chi connectivity index (χ0) is 22.2. The van der Waals surface area contributed by atoms with Crippen LogP contribution in [0, 0.1) is 12.3 Å². The van der Waals surface area contributed by atoms with Crippen molar-refractivity contribution in [3.63, 3.8) is 0 Å². The lowest BCUT2D eigenvalue weighted by Gasteiger charge is -2.30. The molecule has 1 radical (unpaired) electrons. The number of anilines is 1. The maximum atomic E-state index is 13.2. The number of nitrogens with one attached hydrogen (secondary N) is 3. The molecule has 2 heterocycles. The molecule has 0 amide bonds. The molecule has 0 aliphatic rings. The zero-order valence-electron chi connectivity index (χ0n) is 16.8. The number of imidazole rings is 1. The van der Waals surface area contributed by atoms with Gasteiger partial charge in [0.05, 0.1) is 28.7 Å². The highest BCUT2D eigenvalue weighted by molar-refractivity contribution is 5.81. The van der Waals surface area contributed by atoms with Crippen molar-refractivity contribution >= 4 is 17.0 Å². The molecule has 0 spiro atoms. The normalized spacial score (nSPS) is 14.0. The SMILES string of the molecule is [CH2]CC(C)(Nc1nc2c(Cn3ccoc3=N)cccc2[nH]1)c1cccc(C(F)(F)F)c1. The van der Waals surface area contributed by atoms with Crippen molar-refractivity contribution in [2.24, 2.45) is 0 Å². The first kappa shape index (κ1) is 20.8. The first-order chi connectivity index (χ1) is 14.7. The molecule has 6 nitrogen and oxygen atoms in total. The van der Waals surface area contributed by atoms with Gasteiger partial charge >= 0.3 is 6.18 Å². The van der Waals surface area contributed by atoms with E-state index in [1.807, 2.05) is 18.2 Å². The van der Waals surface area contributed by atoms with E-state index >= 15 is 0 Å². The molecule has 2 aromatic heterocycles. The van der Waals surface area contributed by atoms with Crippen molar-refractivity contribution in [1.82, 2.24) is 14.5 Å². The molecule has 31 heavy (non-hydrogen) atoms. The summed E-state index contributed by atoms with van der Waals surface area (Å²) in [5.41, 5.74) is 1.26. The third kappa shape index (κ3) is 4.08. The Morgan fingerprint density at radius 1 is 1.19 bits per heavy atom. The molecule has 0 bridgehead atoms. The summed E-state index contributed by atoms with van der Waals surface area (Å²) in [4.78, 5) is 7.81. The van der Waals surface area contributed by atoms with E-state index in [-0.39, 0.29) is 5.68 Å². The maximum absolute atomic E-state index is 13.2. The molecule has 1 unspecified atom stereocenters. The summed E-state index contributed by atoms with van der Waals surface area (Å²) in [7, 11) is 0. The van der Waals surface area contributed by atoms with Crippen LogP contribution in [0.15, 0.2) is 59.3 Å². The molecule has 4 aromatic rings. The van der Waals surface area contributed by atoms with Gasteiger partial charge in [-0.25, -0.2) is 4.98 Å². The first-order valence-electron chi connectivity index (χ1n) is 9.61.